The van der Waals surface area contributed by atoms with Crippen molar-refractivity contribution in [1.29, 1.82) is 0 Å². The highest BCUT2D eigenvalue weighted by molar-refractivity contribution is 6.16. The Bertz CT molecular complexity index is 516. The number of carbonyl (C=O) groups is 2. The molecule has 1 unspecified atom stereocenters. The van der Waals surface area contributed by atoms with Gasteiger partial charge in [0.05, 0.1) is 5.69 Å². The molecule has 108 valence electrons. The number of rotatable bonds is 2. The minimum Gasteiger partial charge on any atom is -0.334 e. The second-order valence-electron chi connectivity index (χ2n) is 6.18. The Balaban J connectivity index is 2.26. The van der Waals surface area contributed by atoms with Gasteiger partial charge in [0.15, 0.2) is 0 Å². The van der Waals surface area contributed by atoms with Gasteiger partial charge < -0.3 is 11.1 Å². The molecule has 1 fully saturated rings. The number of amides is 3. The van der Waals surface area contributed by atoms with Crippen LogP contribution in [0.1, 0.15) is 32.8 Å². The van der Waals surface area contributed by atoms with E-state index in [1.165, 1.54) is 4.90 Å². The van der Waals surface area contributed by atoms with E-state index < -0.39 is 0 Å². The van der Waals surface area contributed by atoms with Crippen molar-refractivity contribution in [2.75, 3.05) is 4.90 Å². The number of nitrogens with two attached hydrogens (primary N) is 1. The van der Waals surface area contributed by atoms with Crippen LogP contribution in [0.5, 0.6) is 0 Å². The molecule has 1 aliphatic heterocycles. The van der Waals surface area contributed by atoms with E-state index >= 15 is 0 Å². The molecule has 1 atom stereocenters. The van der Waals surface area contributed by atoms with Crippen molar-refractivity contribution >= 4 is 17.6 Å². The number of hydrogen-bond acceptors (Lipinski definition) is 3. The maximum Gasteiger partial charge on any atom is 0.328 e. The highest BCUT2D eigenvalue weighted by atomic mass is 16.2. The van der Waals surface area contributed by atoms with Crippen LogP contribution in [0.3, 0.4) is 0 Å². The lowest BCUT2D eigenvalue weighted by Gasteiger charge is -2.38. The summed E-state index contributed by atoms with van der Waals surface area (Å²) in [6, 6.07) is 6.68. The Morgan fingerprint density at radius 3 is 2.60 bits per heavy atom. The first-order valence-corrected chi connectivity index (χ1v) is 6.75. The fourth-order valence-corrected chi connectivity index (χ4v) is 2.25. The van der Waals surface area contributed by atoms with E-state index in [2.05, 4.69) is 5.32 Å². The van der Waals surface area contributed by atoms with Gasteiger partial charge in [-0.25, -0.2) is 9.69 Å². The maximum atomic E-state index is 12.3. The Kier molecular flexibility index (Phi) is 3.81. The fourth-order valence-electron chi connectivity index (χ4n) is 2.25. The number of nitrogens with zero attached hydrogens (tertiary/aromatic N) is 1. The van der Waals surface area contributed by atoms with Crippen molar-refractivity contribution in [1.82, 2.24) is 5.32 Å². The first kappa shape index (κ1) is 14.5. The lowest BCUT2D eigenvalue weighted by atomic mass is 9.83. The summed E-state index contributed by atoms with van der Waals surface area (Å²) in [7, 11) is 0. The second kappa shape index (κ2) is 5.25. The van der Waals surface area contributed by atoms with Crippen LogP contribution in [0.2, 0.25) is 0 Å². The van der Waals surface area contributed by atoms with Crippen LogP contribution < -0.4 is 16.0 Å². The average Bonchev–Trinajstić information content (AvgIpc) is 2.37. The fraction of sp³-hybridized carbons (Fsp3) is 0.467. The van der Waals surface area contributed by atoms with Crippen LogP contribution in [-0.4, -0.2) is 18.0 Å². The molecular weight excluding hydrogens is 254 g/mol. The Hall–Kier alpha value is -1.88. The zero-order valence-corrected chi connectivity index (χ0v) is 12.1. The van der Waals surface area contributed by atoms with Gasteiger partial charge in [0, 0.05) is 19.0 Å². The van der Waals surface area contributed by atoms with E-state index in [9.17, 15) is 9.59 Å². The topological polar surface area (TPSA) is 75.4 Å². The Morgan fingerprint density at radius 2 is 2.05 bits per heavy atom. The van der Waals surface area contributed by atoms with Gasteiger partial charge in [-0.15, -0.1) is 0 Å². The molecule has 1 saturated heterocycles. The second-order valence-corrected chi connectivity index (χ2v) is 6.18. The number of anilines is 1. The number of nitrogens with one attached hydrogen (secondary N) is 1. The van der Waals surface area contributed by atoms with E-state index in [1.807, 2.05) is 26.8 Å². The zero-order chi connectivity index (χ0) is 14.9. The quantitative estimate of drug-likeness (QED) is 0.867. The monoisotopic (exact) mass is 275 g/mol. The van der Waals surface area contributed by atoms with Crippen molar-refractivity contribution in [3.8, 4) is 0 Å². The highest BCUT2D eigenvalue weighted by Crippen LogP contribution is 2.28. The molecule has 3 amide bonds. The molecule has 1 aromatic rings. The highest BCUT2D eigenvalue weighted by Gasteiger charge is 2.38. The number of urea groups is 1. The molecule has 0 saturated carbocycles. The maximum absolute atomic E-state index is 12.3. The number of imide groups is 1. The summed E-state index contributed by atoms with van der Waals surface area (Å²) < 4.78 is 0. The molecule has 5 heteroatoms. The van der Waals surface area contributed by atoms with Crippen molar-refractivity contribution in [2.24, 2.45) is 11.1 Å². The molecular formula is C15H21N3O2. The normalized spacial score (nSPS) is 20.0. The molecule has 0 spiro atoms. The summed E-state index contributed by atoms with van der Waals surface area (Å²) in [5.41, 5.74) is 6.91. The molecule has 0 radical (unpaired) electrons. The van der Waals surface area contributed by atoms with E-state index in [0.29, 0.717) is 18.7 Å². The summed E-state index contributed by atoms with van der Waals surface area (Å²) in [6.07, 6.45) is 0.308. The van der Waals surface area contributed by atoms with Crippen LogP contribution in [0.25, 0.3) is 0 Å². The SMILES string of the molecule is CC(C)(C)C1CC(=O)N(c2cccc(CN)c2)C(=O)N1. The van der Waals surface area contributed by atoms with E-state index in [4.69, 9.17) is 5.73 Å². The summed E-state index contributed by atoms with van der Waals surface area (Å²) in [5, 5.41) is 2.91. The first-order chi connectivity index (χ1) is 9.32. The molecule has 5 nitrogen and oxygen atoms in total. The third kappa shape index (κ3) is 2.82. The molecule has 1 heterocycles. The van der Waals surface area contributed by atoms with Gasteiger partial charge in [0.25, 0.3) is 0 Å². The van der Waals surface area contributed by atoms with Crippen molar-refractivity contribution in [2.45, 2.75) is 39.8 Å². The Morgan fingerprint density at radius 1 is 1.35 bits per heavy atom. The summed E-state index contributed by atoms with van der Waals surface area (Å²) in [4.78, 5) is 25.7. The minimum atomic E-state index is -0.365. The number of benzene rings is 1. The molecule has 1 aromatic carbocycles. The number of carbonyl (C=O) groups excluding carboxylic acids is 2. The van der Waals surface area contributed by atoms with Gasteiger partial charge in [-0.1, -0.05) is 32.9 Å². The van der Waals surface area contributed by atoms with Gasteiger partial charge in [0.1, 0.15) is 0 Å². The predicted molar refractivity (Wildman–Crippen MR) is 78.2 cm³/mol. The Labute approximate surface area is 119 Å². The molecule has 3 N–H and O–H groups in total. The zero-order valence-electron chi connectivity index (χ0n) is 12.1. The predicted octanol–water partition coefficient (Wildman–Crippen LogP) is 2.01. The van der Waals surface area contributed by atoms with Crippen molar-refractivity contribution < 1.29 is 9.59 Å². The van der Waals surface area contributed by atoms with Gasteiger partial charge >= 0.3 is 6.03 Å². The smallest absolute Gasteiger partial charge is 0.328 e. The minimum absolute atomic E-state index is 0.142. The molecule has 0 aliphatic carbocycles. The molecule has 2 rings (SSSR count). The molecule has 1 aliphatic rings. The van der Waals surface area contributed by atoms with Gasteiger partial charge in [-0.2, -0.15) is 0 Å². The van der Waals surface area contributed by atoms with E-state index in [1.54, 1.807) is 18.2 Å². The average molecular weight is 275 g/mol. The van der Waals surface area contributed by atoms with Gasteiger partial charge in [-0.05, 0) is 23.1 Å². The lowest BCUT2D eigenvalue weighted by Crippen LogP contribution is -2.58. The van der Waals surface area contributed by atoms with Crippen LogP contribution in [0.4, 0.5) is 10.5 Å². The largest absolute Gasteiger partial charge is 0.334 e. The van der Waals surface area contributed by atoms with Crippen LogP contribution in [0.15, 0.2) is 24.3 Å². The standard InChI is InChI=1S/C15H21N3O2/c1-15(2,3)12-8-13(19)18(14(20)17-12)11-6-4-5-10(7-11)9-16/h4-7,12H,8-9,16H2,1-3H3,(H,17,20). The summed E-state index contributed by atoms with van der Waals surface area (Å²) in [5.74, 6) is -0.178. The van der Waals surface area contributed by atoms with Crippen LogP contribution in [0, 0.1) is 5.41 Å². The third-order valence-corrected chi connectivity index (χ3v) is 3.58. The van der Waals surface area contributed by atoms with Crippen LogP contribution >= 0.6 is 0 Å². The van der Waals surface area contributed by atoms with E-state index in [0.717, 1.165) is 5.56 Å². The van der Waals surface area contributed by atoms with Crippen molar-refractivity contribution in [3.63, 3.8) is 0 Å². The van der Waals surface area contributed by atoms with Gasteiger partial charge in [-0.3, -0.25) is 4.79 Å². The first-order valence-electron chi connectivity index (χ1n) is 6.75. The van der Waals surface area contributed by atoms with Crippen LogP contribution in [-0.2, 0) is 11.3 Å². The third-order valence-electron chi connectivity index (χ3n) is 3.58. The van der Waals surface area contributed by atoms with Crippen molar-refractivity contribution in [3.05, 3.63) is 29.8 Å². The lowest BCUT2D eigenvalue weighted by molar-refractivity contribution is -0.119. The molecule has 20 heavy (non-hydrogen) atoms. The van der Waals surface area contributed by atoms with E-state index in [-0.39, 0.29) is 23.4 Å². The molecule has 0 aromatic heterocycles. The summed E-state index contributed by atoms with van der Waals surface area (Å²) >= 11 is 0. The molecule has 0 bridgehead atoms. The number of hydrogen-bond donors (Lipinski definition) is 2. The summed E-state index contributed by atoms with van der Waals surface area (Å²) in [6.45, 7) is 6.41. The van der Waals surface area contributed by atoms with Gasteiger partial charge in [0.2, 0.25) is 5.91 Å².